The van der Waals surface area contributed by atoms with Crippen molar-refractivity contribution in [1.29, 1.82) is 0 Å². The molecule has 1 saturated carbocycles. The van der Waals surface area contributed by atoms with Gasteiger partial charge in [-0.2, -0.15) is 0 Å². The van der Waals surface area contributed by atoms with Crippen molar-refractivity contribution in [3.63, 3.8) is 0 Å². The third kappa shape index (κ3) is 10.5. The number of hydrogen-bond acceptors (Lipinski definition) is 4. The fourth-order valence-electron chi connectivity index (χ4n) is 2.75. The van der Waals surface area contributed by atoms with Gasteiger partial charge in [-0.05, 0) is 39.5 Å². The summed E-state index contributed by atoms with van der Waals surface area (Å²) in [6, 6.07) is 0. The molecule has 140 valence electrons. The molecule has 0 aromatic rings. The molecule has 2 N–H and O–H groups in total. The number of esters is 1. The molecule has 0 aromatic carbocycles. The van der Waals surface area contributed by atoms with Gasteiger partial charge in [0.25, 0.3) is 0 Å². The number of nitrogens with one attached hydrogen (secondary N) is 2. The van der Waals surface area contributed by atoms with E-state index in [1.54, 1.807) is 0 Å². The van der Waals surface area contributed by atoms with Crippen molar-refractivity contribution in [3.8, 4) is 0 Å². The molecule has 0 amide bonds. The van der Waals surface area contributed by atoms with Crippen LogP contribution in [0.25, 0.3) is 0 Å². The second-order valence-electron chi connectivity index (χ2n) is 6.08. The summed E-state index contributed by atoms with van der Waals surface area (Å²) in [4.78, 5) is 15.8. The Kier molecular flexibility index (Phi) is 12.2. The maximum Gasteiger partial charge on any atom is 0.305 e. The van der Waals surface area contributed by atoms with E-state index in [0.717, 1.165) is 32.1 Å². The first-order valence-corrected chi connectivity index (χ1v) is 9.55. The van der Waals surface area contributed by atoms with Crippen molar-refractivity contribution in [1.82, 2.24) is 10.6 Å². The summed E-state index contributed by atoms with van der Waals surface area (Å²) in [6.07, 6.45) is 9.01. The second kappa shape index (κ2) is 14.1. The van der Waals surface area contributed by atoms with Crippen LogP contribution in [-0.4, -0.2) is 50.9 Å². The number of nitrogens with zero attached hydrogens (tertiary/aromatic N) is 1. The van der Waals surface area contributed by atoms with Gasteiger partial charge in [-0.3, -0.25) is 9.79 Å². The minimum absolute atomic E-state index is 0.148. The third-order valence-corrected chi connectivity index (χ3v) is 3.98. The minimum Gasteiger partial charge on any atom is -0.466 e. The van der Waals surface area contributed by atoms with E-state index in [-0.39, 0.29) is 5.97 Å². The fourth-order valence-corrected chi connectivity index (χ4v) is 2.75. The van der Waals surface area contributed by atoms with Crippen LogP contribution >= 0.6 is 0 Å². The van der Waals surface area contributed by atoms with Crippen LogP contribution < -0.4 is 10.6 Å². The monoisotopic (exact) mass is 341 g/mol. The average molecular weight is 341 g/mol. The Bertz CT molecular complexity index is 355. The van der Waals surface area contributed by atoms with Gasteiger partial charge in [-0.1, -0.05) is 19.3 Å². The molecule has 0 aromatic heterocycles. The third-order valence-electron chi connectivity index (χ3n) is 3.98. The molecule has 0 unspecified atom stereocenters. The number of aliphatic imine (C=N–C) groups is 1. The maximum absolute atomic E-state index is 11.3. The van der Waals surface area contributed by atoms with E-state index in [0.29, 0.717) is 32.1 Å². The van der Waals surface area contributed by atoms with E-state index in [1.165, 1.54) is 32.1 Å². The summed E-state index contributed by atoms with van der Waals surface area (Å²) in [5.41, 5.74) is 0. The van der Waals surface area contributed by atoms with Gasteiger partial charge in [-0.15, -0.1) is 0 Å². The molecule has 6 nitrogen and oxygen atoms in total. The Morgan fingerprint density at radius 2 is 1.92 bits per heavy atom. The van der Waals surface area contributed by atoms with Crippen molar-refractivity contribution < 1.29 is 14.3 Å². The van der Waals surface area contributed by atoms with E-state index in [1.807, 2.05) is 13.8 Å². The Morgan fingerprint density at radius 1 is 1.12 bits per heavy atom. The van der Waals surface area contributed by atoms with Gasteiger partial charge in [0.2, 0.25) is 0 Å². The molecule has 0 heterocycles. The van der Waals surface area contributed by atoms with E-state index in [9.17, 15) is 4.79 Å². The second-order valence-corrected chi connectivity index (χ2v) is 6.08. The van der Waals surface area contributed by atoms with Crippen LogP contribution in [0.1, 0.15) is 65.2 Å². The lowest BCUT2D eigenvalue weighted by atomic mass is 9.98. The molecule has 0 spiro atoms. The van der Waals surface area contributed by atoms with E-state index < -0.39 is 0 Å². The zero-order valence-electron chi connectivity index (χ0n) is 15.4. The van der Waals surface area contributed by atoms with Crippen molar-refractivity contribution in [3.05, 3.63) is 0 Å². The normalized spacial score (nSPS) is 16.0. The molecule has 24 heavy (non-hydrogen) atoms. The zero-order chi connectivity index (χ0) is 17.5. The smallest absolute Gasteiger partial charge is 0.305 e. The lowest BCUT2D eigenvalue weighted by Gasteiger charge is -2.22. The van der Waals surface area contributed by atoms with Gasteiger partial charge in [-0.25, -0.2) is 0 Å². The highest BCUT2D eigenvalue weighted by molar-refractivity contribution is 5.79. The summed E-state index contributed by atoms with van der Waals surface area (Å²) < 4.78 is 10.8. The lowest BCUT2D eigenvalue weighted by molar-refractivity contribution is -0.143. The molecule has 6 heteroatoms. The SMILES string of the molecule is CCNC(=NCCCC(=O)OCC)NCCCOC1CCCCC1. The number of rotatable bonds is 11. The highest BCUT2D eigenvalue weighted by atomic mass is 16.5. The van der Waals surface area contributed by atoms with Gasteiger partial charge in [0.1, 0.15) is 0 Å². The van der Waals surface area contributed by atoms with Crippen LogP contribution in [0.4, 0.5) is 0 Å². The lowest BCUT2D eigenvalue weighted by Crippen LogP contribution is -2.38. The summed E-state index contributed by atoms with van der Waals surface area (Å²) >= 11 is 0. The first-order chi connectivity index (χ1) is 11.8. The molecule has 1 rings (SSSR count). The molecule has 1 aliphatic carbocycles. The van der Waals surface area contributed by atoms with Crippen molar-refractivity contribution in [2.24, 2.45) is 4.99 Å². The van der Waals surface area contributed by atoms with Crippen LogP contribution in [0.2, 0.25) is 0 Å². The molecule has 0 radical (unpaired) electrons. The van der Waals surface area contributed by atoms with Gasteiger partial charge < -0.3 is 20.1 Å². The van der Waals surface area contributed by atoms with Crippen molar-refractivity contribution in [2.75, 3.05) is 32.8 Å². The Labute approximate surface area is 146 Å². The average Bonchev–Trinajstić information content (AvgIpc) is 2.59. The number of guanidine groups is 1. The van der Waals surface area contributed by atoms with Crippen LogP contribution in [-0.2, 0) is 14.3 Å². The summed E-state index contributed by atoms with van der Waals surface area (Å²) in [5, 5.41) is 6.53. The van der Waals surface area contributed by atoms with Gasteiger partial charge in [0, 0.05) is 32.7 Å². The van der Waals surface area contributed by atoms with Crippen LogP contribution in [0.15, 0.2) is 4.99 Å². The first kappa shape index (κ1) is 20.7. The molecule has 0 atom stereocenters. The predicted octanol–water partition coefficient (Wildman–Crippen LogP) is 2.62. The van der Waals surface area contributed by atoms with Gasteiger partial charge in [0.15, 0.2) is 5.96 Å². The van der Waals surface area contributed by atoms with Gasteiger partial charge >= 0.3 is 5.97 Å². The highest BCUT2D eigenvalue weighted by Crippen LogP contribution is 2.20. The largest absolute Gasteiger partial charge is 0.466 e. The van der Waals surface area contributed by atoms with E-state index >= 15 is 0 Å². The Morgan fingerprint density at radius 3 is 2.62 bits per heavy atom. The van der Waals surface area contributed by atoms with Crippen LogP contribution in [0, 0.1) is 0 Å². The summed E-state index contributed by atoms with van der Waals surface area (Å²) in [6.45, 7) is 7.39. The Hall–Kier alpha value is -1.30. The zero-order valence-corrected chi connectivity index (χ0v) is 15.4. The molecule has 1 aliphatic rings. The van der Waals surface area contributed by atoms with E-state index in [4.69, 9.17) is 9.47 Å². The summed E-state index contributed by atoms with van der Waals surface area (Å²) in [7, 11) is 0. The highest BCUT2D eigenvalue weighted by Gasteiger charge is 2.12. The standard InChI is InChI=1S/C18H35N3O3/c1-3-19-18(20-13-8-12-17(22)23-4-2)21-14-9-15-24-16-10-6-5-7-11-16/h16H,3-15H2,1-2H3,(H2,19,20,21). The minimum atomic E-state index is -0.148. The molecular weight excluding hydrogens is 306 g/mol. The Balaban J connectivity index is 2.10. The molecular formula is C18H35N3O3. The quantitative estimate of drug-likeness (QED) is 0.262. The predicted molar refractivity (Wildman–Crippen MR) is 97.3 cm³/mol. The number of hydrogen-bond donors (Lipinski definition) is 2. The molecule has 0 aliphatic heterocycles. The molecule has 0 bridgehead atoms. The molecule has 0 saturated heterocycles. The maximum atomic E-state index is 11.3. The summed E-state index contributed by atoms with van der Waals surface area (Å²) in [5.74, 6) is 0.657. The van der Waals surface area contributed by atoms with Crippen LogP contribution in [0.5, 0.6) is 0 Å². The first-order valence-electron chi connectivity index (χ1n) is 9.55. The van der Waals surface area contributed by atoms with Crippen molar-refractivity contribution in [2.45, 2.75) is 71.3 Å². The fraction of sp³-hybridized carbons (Fsp3) is 0.889. The number of carbonyl (C=O) groups is 1. The number of carbonyl (C=O) groups excluding carboxylic acids is 1. The van der Waals surface area contributed by atoms with Gasteiger partial charge in [0.05, 0.1) is 12.7 Å². The van der Waals surface area contributed by atoms with Crippen molar-refractivity contribution >= 4 is 11.9 Å². The molecule has 1 fully saturated rings. The topological polar surface area (TPSA) is 72.0 Å². The van der Waals surface area contributed by atoms with Crippen LogP contribution in [0.3, 0.4) is 0 Å². The number of ether oxygens (including phenoxy) is 2. The van der Waals surface area contributed by atoms with E-state index in [2.05, 4.69) is 15.6 Å².